The van der Waals surface area contributed by atoms with Crippen molar-refractivity contribution in [3.63, 3.8) is 0 Å². The molecule has 19 heavy (non-hydrogen) atoms. The fourth-order valence-electron chi connectivity index (χ4n) is 1.41. The summed E-state index contributed by atoms with van der Waals surface area (Å²) in [6, 6.07) is 5.72. The Morgan fingerprint density at radius 2 is 1.89 bits per heavy atom. The minimum atomic E-state index is -4.38. The molecule has 0 radical (unpaired) electrons. The van der Waals surface area contributed by atoms with Gasteiger partial charge in [0, 0.05) is 5.56 Å². The number of aldehydes is 1. The smallest absolute Gasteiger partial charge is 0.422 e. The summed E-state index contributed by atoms with van der Waals surface area (Å²) >= 11 is 0. The minimum Gasteiger partial charge on any atom is -0.484 e. The van der Waals surface area contributed by atoms with Crippen LogP contribution in [0.3, 0.4) is 0 Å². The predicted octanol–water partition coefficient (Wildman–Crippen LogP) is 2.23. The molecule has 2 rings (SSSR count). The van der Waals surface area contributed by atoms with E-state index < -0.39 is 12.8 Å². The zero-order chi connectivity index (χ0) is 13.9. The molecule has 0 fully saturated rings. The van der Waals surface area contributed by atoms with Crippen molar-refractivity contribution in [2.75, 3.05) is 6.61 Å². The van der Waals surface area contributed by atoms with Crippen molar-refractivity contribution in [2.24, 2.45) is 0 Å². The Morgan fingerprint density at radius 1 is 1.21 bits per heavy atom. The van der Waals surface area contributed by atoms with Crippen molar-refractivity contribution >= 4 is 6.29 Å². The number of rotatable bonds is 4. The number of nitrogens with one attached hydrogen (secondary N) is 1. The molecule has 1 heterocycles. The van der Waals surface area contributed by atoms with Crippen molar-refractivity contribution in [2.45, 2.75) is 6.18 Å². The Morgan fingerprint density at radius 3 is 2.47 bits per heavy atom. The van der Waals surface area contributed by atoms with Crippen molar-refractivity contribution in [3.8, 4) is 17.0 Å². The number of hydrogen-bond donors (Lipinski definition) is 1. The summed E-state index contributed by atoms with van der Waals surface area (Å²) in [4.78, 5) is 10.7. The summed E-state index contributed by atoms with van der Waals surface area (Å²) in [5.41, 5.74) is 1.01. The maximum atomic E-state index is 12.0. The fourth-order valence-corrected chi connectivity index (χ4v) is 1.41. The number of hydrogen-bond acceptors (Lipinski definition) is 4. The molecule has 0 aliphatic carbocycles. The Hall–Kier alpha value is -2.38. The minimum absolute atomic E-state index is 0.0808. The van der Waals surface area contributed by atoms with Crippen LogP contribution in [0.4, 0.5) is 13.2 Å². The van der Waals surface area contributed by atoms with Crippen LogP contribution in [0.1, 0.15) is 10.5 Å². The largest absolute Gasteiger partial charge is 0.484 e. The first-order valence-electron chi connectivity index (χ1n) is 5.15. The lowest BCUT2D eigenvalue weighted by Crippen LogP contribution is -2.19. The summed E-state index contributed by atoms with van der Waals surface area (Å²) in [7, 11) is 0. The van der Waals surface area contributed by atoms with Crippen molar-refractivity contribution in [1.82, 2.24) is 15.4 Å². The highest BCUT2D eigenvalue weighted by molar-refractivity contribution is 5.82. The maximum absolute atomic E-state index is 12.0. The van der Waals surface area contributed by atoms with Gasteiger partial charge in [-0.15, -0.1) is 0 Å². The number of aromatic amines is 1. The van der Waals surface area contributed by atoms with Gasteiger partial charge < -0.3 is 4.74 Å². The van der Waals surface area contributed by atoms with E-state index in [1.54, 1.807) is 0 Å². The highest BCUT2D eigenvalue weighted by Gasteiger charge is 2.28. The van der Waals surface area contributed by atoms with Crippen LogP contribution >= 0.6 is 0 Å². The second-order valence-corrected chi connectivity index (χ2v) is 3.60. The third-order valence-electron chi connectivity index (χ3n) is 2.22. The molecule has 0 saturated heterocycles. The molecule has 5 nitrogen and oxygen atoms in total. The monoisotopic (exact) mass is 271 g/mol. The van der Waals surface area contributed by atoms with Gasteiger partial charge in [0.2, 0.25) is 0 Å². The van der Waals surface area contributed by atoms with Gasteiger partial charge >= 0.3 is 6.18 Å². The number of carbonyl (C=O) groups is 1. The number of carbonyl (C=O) groups excluding carboxylic acids is 1. The van der Waals surface area contributed by atoms with E-state index in [-0.39, 0.29) is 11.4 Å². The summed E-state index contributed by atoms with van der Waals surface area (Å²) in [6.07, 6.45) is -3.84. The Labute approximate surface area is 105 Å². The molecule has 0 atom stereocenters. The zero-order valence-electron chi connectivity index (χ0n) is 9.44. The third-order valence-corrected chi connectivity index (χ3v) is 2.22. The lowest BCUT2D eigenvalue weighted by atomic mass is 10.1. The van der Waals surface area contributed by atoms with E-state index in [4.69, 9.17) is 0 Å². The molecule has 8 heteroatoms. The molecule has 0 spiro atoms. The van der Waals surface area contributed by atoms with Gasteiger partial charge in [-0.25, -0.2) is 0 Å². The van der Waals surface area contributed by atoms with Crippen LogP contribution in [0, 0.1) is 0 Å². The van der Waals surface area contributed by atoms with E-state index in [0.717, 1.165) is 0 Å². The van der Waals surface area contributed by atoms with Gasteiger partial charge in [0.1, 0.15) is 11.4 Å². The SMILES string of the molecule is O=Cc1n[nH]nc1-c1ccc(OCC(F)(F)F)cc1. The van der Waals surface area contributed by atoms with Gasteiger partial charge in [0.25, 0.3) is 0 Å². The van der Waals surface area contributed by atoms with Crippen molar-refractivity contribution in [3.05, 3.63) is 30.0 Å². The molecular weight excluding hydrogens is 263 g/mol. The zero-order valence-corrected chi connectivity index (χ0v) is 9.44. The first-order chi connectivity index (χ1) is 8.99. The van der Waals surface area contributed by atoms with Crippen LogP contribution in [0.25, 0.3) is 11.3 Å². The summed E-state index contributed by atoms with van der Waals surface area (Å²) in [6.45, 7) is -1.35. The molecule has 1 aromatic carbocycles. The average molecular weight is 271 g/mol. The van der Waals surface area contributed by atoms with Crippen LogP contribution in [-0.2, 0) is 0 Å². The van der Waals surface area contributed by atoms with Crippen LogP contribution < -0.4 is 4.74 Å². The number of benzene rings is 1. The van der Waals surface area contributed by atoms with E-state index in [1.165, 1.54) is 24.3 Å². The molecule has 0 bridgehead atoms. The molecule has 1 aromatic heterocycles. The highest BCUT2D eigenvalue weighted by Crippen LogP contribution is 2.23. The molecule has 0 unspecified atom stereocenters. The summed E-state index contributed by atoms with van der Waals surface area (Å²) < 4.78 is 40.4. The van der Waals surface area contributed by atoms with Crippen LogP contribution in [0.15, 0.2) is 24.3 Å². The standard InChI is InChI=1S/C11H8F3N3O2/c12-11(13,14)6-19-8-3-1-7(2-4-8)10-9(5-18)15-17-16-10/h1-5H,6H2,(H,15,16,17). The highest BCUT2D eigenvalue weighted by atomic mass is 19.4. The van der Waals surface area contributed by atoms with E-state index in [2.05, 4.69) is 20.1 Å². The number of halogens is 3. The molecule has 0 saturated carbocycles. The van der Waals surface area contributed by atoms with Gasteiger partial charge in [-0.1, -0.05) is 0 Å². The molecule has 0 aliphatic rings. The van der Waals surface area contributed by atoms with E-state index >= 15 is 0 Å². The topological polar surface area (TPSA) is 67.9 Å². The number of nitrogens with zero attached hydrogens (tertiary/aromatic N) is 2. The van der Waals surface area contributed by atoms with Gasteiger partial charge in [0.15, 0.2) is 18.6 Å². The third kappa shape index (κ3) is 3.30. The normalized spacial score (nSPS) is 11.3. The summed E-state index contributed by atoms with van der Waals surface area (Å²) in [5.74, 6) is 0.0808. The molecule has 1 N–H and O–H groups in total. The number of ether oxygens (including phenoxy) is 1. The van der Waals surface area contributed by atoms with Crippen molar-refractivity contribution in [1.29, 1.82) is 0 Å². The first kappa shape index (κ1) is 13.1. The summed E-state index contributed by atoms with van der Waals surface area (Å²) in [5, 5.41) is 9.70. The molecule has 100 valence electrons. The Kier molecular flexibility index (Phi) is 3.50. The molecule has 0 amide bonds. The lowest BCUT2D eigenvalue weighted by Gasteiger charge is -2.09. The molecule has 2 aromatic rings. The second-order valence-electron chi connectivity index (χ2n) is 3.60. The second kappa shape index (κ2) is 5.09. The van der Waals surface area contributed by atoms with Crippen molar-refractivity contribution < 1.29 is 22.7 Å². The lowest BCUT2D eigenvalue weighted by molar-refractivity contribution is -0.153. The van der Waals surface area contributed by atoms with Gasteiger partial charge in [-0.2, -0.15) is 28.6 Å². The Bertz CT molecular complexity index is 563. The maximum Gasteiger partial charge on any atom is 0.422 e. The van der Waals surface area contributed by atoms with Crippen LogP contribution in [-0.4, -0.2) is 34.5 Å². The van der Waals surface area contributed by atoms with Crippen LogP contribution in [0.2, 0.25) is 0 Å². The van der Waals surface area contributed by atoms with Gasteiger partial charge in [-0.05, 0) is 24.3 Å². The van der Waals surface area contributed by atoms with Gasteiger partial charge in [-0.3, -0.25) is 4.79 Å². The van der Waals surface area contributed by atoms with E-state index in [9.17, 15) is 18.0 Å². The number of H-pyrrole nitrogens is 1. The number of alkyl halides is 3. The quantitative estimate of drug-likeness (QED) is 0.866. The first-order valence-corrected chi connectivity index (χ1v) is 5.15. The predicted molar refractivity (Wildman–Crippen MR) is 58.8 cm³/mol. The average Bonchev–Trinajstić information content (AvgIpc) is 2.84. The van der Waals surface area contributed by atoms with E-state index in [0.29, 0.717) is 17.5 Å². The fraction of sp³-hybridized carbons (Fsp3) is 0.182. The van der Waals surface area contributed by atoms with E-state index in [1.807, 2.05) is 0 Å². The molecule has 0 aliphatic heterocycles. The number of aromatic nitrogens is 3. The van der Waals surface area contributed by atoms with Crippen LogP contribution in [0.5, 0.6) is 5.75 Å². The Balaban J connectivity index is 2.13. The van der Waals surface area contributed by atoms with Gasteiger partial charge in [0.05, 0.1) is 0 Å². The molecular formula is C11H8F3N3O2.